The van der Waals surface area contributed by atoms with Gasteiger partial charge >= 0.3 is 12.3 Å². The SMILES string of the molecule is CC(=O)Nc1cccc(-c2cn(Cc3ccc(C(=O)NNC(=O)C(F)F)cc3F)nn2)c1. The lowest BCUT2D eigenvalue weighted by Gasteiger charge is -2.08. The number of nitrogens with zero attached hydrogens (tertiary/aromatic N) is 3. The molecule has 0 saturated heterocycles. The standard InChI is InChI=1S/C20H17F3N6O3/c1-11(30)24-15-4-2-3-12(7-15)17-10-29(28-25-17)9-14-6-5-13(8-16(14)21)19(31)26-27-20(32)18(22)23/h2-8,10,18H,9H2,1H3,(H,24,30)(H,26,31)(H,27,32). The highest BCUT2D eigenvalue weighted by atomic mass is 19.3. The van der Waals surface area contributed by atoms with E-state index < -0.39 is 24.1 Å². The predicted molar refractivity (Wildman–Crippen MR) is 107 cm³/mol. The van der Waals surface area contributed by atoms with E-state index in [0.29, 0.717) is 16.9 Å². The summed E-state index contributed by atoms with van der Waals surface area (Å²) in [5.41, 5.74) is 5.12. The van der Waals surface area contributed by atoms with E-state index in [1.165, 1.54) is 29.2 Å². The maximum absolute atomic E-state index is 14.4. The number of carbonyl (C=O) groups is 3. The van der Waals surface area contributed by atoms with Crippen LogP contribution in [-0.2, 0) is 16.1 Å². The average Bonchev–Trinajstić information content (AvgIpc) is 3.21. The van der Waals surface area contributed by atoms with Crippen LogP contribution in [0, 0.1) is 5.82 Å². The molecular weight excluding hydrogens is 429 g/mol. The molecule has 3 N–H and O–H groups in total. The number of amides is 3. The van der Waals surface area contributed by atoms with Gasteiger partial charge in [0.2, 0.25) is 5.91 Å². The van der Waals surface area contributed by atoms with Crippen molar-refractivity contribution in [3.05, 3.63) is 65.6 Å². The van der Waals surface area contributed by atoms with Crippen LogP contribution in [0.25, 0.3) is 11.3 Å². The monoisotopic (exact) mass is 446 g/mol. The van der Waals surface area contributed by atoms with Gasteiger partial charge in [0.15, 0.2) is 0 Å². The van der Waals surface area contributed by atoms with E-state index in [0.717, 1.165) is 6.07 Å². The van der Waals surface area contributed by atoms with Gasteiger partial charge < -0.3 is 5.32 Å². The Morgan fingerprint density at radius 3 is 2.56 bits per heavy atom. The predicted octanol–water partition coefficient (Wildman–Crippen LogP) is 2.12. The number of hydrogen-bond donors (Lipinski definition) is 3. The van der Waals surface area contributed by atoms with Crippen molar-refractivity contribution < 1.29 is 27.6 Å². The summed E-state index contributed by atoms with van der Waals surface area (Å²) >= 11 is 0. The Hall–Kier alpha value is -4.22. The number of benzene rings is 2. The van der Waals surface area contributed by atoms with Gasteiger partial charge in [0.05, 0.1) is 12.7 Å². The molecule has 0 unspecified atom stereocenters. The van der Waals surface area contributed by atoms with Crippen molar-refractivity contribution >= 4 is 23.4 Å². The number of carbonyl (C=O) groups excluding carboxylic acids is 3. The highest BCUT2D eigenvalue weighted by Gasteiger charge is 2.17. The molecule has 0 fully saturated rings. The van der Waals surface area contributed by atoms with Crippen molar-refractivity contribution in [2.24, 2.45) is 0 Å². The molecule has 3 rings (SSSR count). The fraction of sp³-hybridized carbons (Fsp3) is 0.150. The van der Waals surface area contributed by atoms with Gasteiger partial charge in [-0.25, -0.2) is 9.07 Å². The fourth-order valence-electron chi connectivity index (χ4n) is 2.70. The maximum atomic E-state index is 14.4. The molecule has 0 spiro atoms. The van der Waals surface area contributed by atoms with Crippen LogP contribution in [0.2, 0.25) is 0 Å². The number of alkyl halides is 2. The zero-order valence-corrected chi connectivity index (χ0v) is 16.6. The van der Waals surface area contributed by atoms with Crippen LogP contribution in [-0.4, -0.2) is 39.1 Å². The lowest BCUT2D eigenvalue weighted by Crippen LogP contribution is -2.44. The zero-order valence-electron chi connectivity index (χ0n) is 16.6. The van der Waals surface area contributed by atoms with Crippen LogP contribution in [0.4, 0.5) is 18.9 Å². The minimum absolute atomic E-state index is 0.00817. The number of aromatic nitrogens is 3. The molecule has 0 aliphatic rings. The molecule has 0 aliphatic heterocycles. The zero-order chi connectivity index (χ0) is 23.3. The quantitative estimate of drug-likeness (QED) is 0.502. The van der Waals surface area contributed by atoms with Gasteiger partial charge in [-0.05, 0) is 24.3 Å². The number of hydrazine groups is 1. The molecule has 3 amide bonds. The van der Waals surface area contributed by atoms with Crippen molar-refractivity contribution in [1.82, 2.24) is 25.8 Å². The molecule has 0 radical (unpaired) electrons. The molecule has 2 aromatic carbocycles. The molecule has 12 heteroatoms. The summed E-state index contributed by atoms with van der Waals surface area (Å²) in [6.45, 7) is 1.40. The van der Waals surface area contributed by atoms with E-state index in [1.54, 1.807) is 35.9 Å². The molecule has 166 valence electrons. The Balaban J connectivity index is 1.68. The van der Waals surface area contributed by atoms with Crippen LogP contribution in [0.15, 0.2) is 48.7 Å². The number of rotatable bonds is 6. The Morgan fingerprint density at radius 2 is 1.88 bits per heavy atom. The lowest BCUT2D eigenvalue weighted by molar-refractivity contribution is -0.132. The van der Waals surface area contributed by atoms with Gasteiger partial charge in [-0.3, -0.25) is 25.2 Å². The summed E-state index contributed by atoms with van der Waals surface area (Å²) in [4.78, 5) is 33.9. The van der Waals surface area contributed by atoms with Gasteiger partial charge in [0, 0.05) is 29.3 Å². The summed E-state index contributed by atoms with van der Waals surface area (Å²) in [5, 5.41) is 10.7. The first-order chi connectivity index (χ1) is 15.2. The van der Waals surface area contributed by atoms with E-state index in [4.69, 9.17) is 0 Å². The van der Waals surface area contributed by atoms with Crippen molar-refractivity contribution in [3.63, 3.8) is 0 Å². The summed E-state index contributed by atoms with van der Waals surface area (Å²) in [7, 11) is 0. The summed E-state index contributed by atoms with van der Waals surface area (Å²) in [6, 6.07) is 10.5. The molecule has 1 aromatic heterocycles. The third-order valence-corrected chi connectivity index (χ3v) is 4.16. The van der Waals surface area contributed by atoms with Gasteiger partial charge in [-0.2, -0.15) is 8.78 Å². The lowest BCUT2D eigenvalue weighted by atomic mass is 10.1. The van der Waals surface area contributed by atoms with Crippen molar-refractivity contribution in [1.29, 1.82) is 0 Å². The maximum Gasteiger partial charge on any atom is 0.317 e. The van der Waals surface area contributed by atoms with Crippen LogP contribution in [0.3, 0.4) is 0 Å². The second-order valence-corrected chi connectivity index (χ2v) is 6.61. The van der Waals surface area contributed by atoms with Crippen LogP contribution in [0.1, 0.15) is 22.8 Å². The van der Waals surface area contributed by atoms with E-state index in [2.05, 4.69) is 15.6 Å². The minimum Gasteiger partial charge on any atom is -0.326 e. The molecular formula is C20H17F3N6O3. The average molecular weight is 446 g/mol. The van der Waals surface area contributed by atoms with Gasteiger partial charge in [0.1, 0.15) is 11.5 Å². The summed E-state index contributed by atoms with van der Waals surface area (Å²) in [6.07, 6.45) is -1.71. The molecule has 3 aromatic rings. The first-order valence-electron chi connectivity index (χ1n) is 9.18. The Kier molecular flexibility index (Phi) is 6.83. The van der Waals surface area contributed by atoms with E-state index in [-0.39, 0.29) is 23.6 Å². The van der Waals surface area contributed by atoms with Crippen molar-refractivity contribution in [3.8, 4) is 11.3 Å². The molecule has 0 bridgehead atoms. The summed E-state index contributed by atoms with van der Waals surface area (Å²) in [5.74, 6) is -3.58. The Morgan fingerprint density at radius 1 is 1.09 bits per heavy atom. The van der Waals surface area contributed by atoms with E-state index >= 15 is 0 Å². The smallest absolute Gasteiger partial charge is 0.317 e. The number of nitrogens with one attached hydrogen (secondary N) is 3. The van der Waals surface area contributed by atoms with Crippen molar-refractivity contribution in [2.75, 3.05) is 5.32 Å². The third kappa shape index (κ3) is 5.68. The first-order valence-corrected chi connectivity index (χ1v) is 9.18. The second-order valence-electron chi connectivity index (χ2n) is 6.61. The normalized spacial score (nSPS) is 10.7. The molecule has 9 nitrogen and oxygen atoms in total. The van der Waals surface area contributed by atoms with Crippen molar-refractivity contribution in [2.45, 2.75) is 19.9 Å². The largest absolute Gasteiger partial charge is 0.326 e. The molecule has 32 heavy (non-hydrogen) atoms. The number of anilines is 1. The summed E-state index contributed by atoms with van der Waals surface area (Å²) < 4.78 is 40.1. The minimum atomic E-state index is -3.30. The van der Waals surface area contributed by atoms with Crippen LogP contribution >= 0.6 is 0 Å². The molecule has 0 saturated carbocycles. The Labute approximate surface area is 179 Å². The van der Waals surface area contributed by atoms with E-state index in [9.17, 15) is 27.6 Å². The second kappa shape index (κ2) is 9.73. The molecule has 0 aliphatic carbocycles. The van der Waals surface area contributed by atoms with Crippen LogP contribution < -0.4 is 16.2 Å². The Bertz CT molecular complexity index is 1160. The van der Waals surface area contributed by atoms with Crippen LogP contribution in [0.5, 0.6) is 0 Å². The fourth-order valence-corrected chi connectivity index (χ4v) is 2.70. The van der Waals surface area contributed by atoms with Gasteiger partial charge in [0.25, 0.3) is 5.91 Å². The molecule has 1 heterocycles. The number of halogens is 3. The van der Waals surface area contributed by atoms with E-state index in [1.807, 2.05) is 0 Å². The first kappa shape index (κ1) is 22.5. The van der Waals surface area contributed by atoms with Gasteiger partial charge in [-0.1, -0.05) is 23.4 Å². The molecule has 0 atom stereocenters. The highest BCUT2D eigenvalue weighted by Crippen LogP contribution is 2.21. The number of hydrogen-bond acceptors (Lipinski definition) is 5. The third-order valence-electron chi connectivity index (χ3n) is 4.16. The topological polar surface area (TPSA) is 118 Å². The van der Waals surface area contributed by atoms with Gasteiger partial charge in [-0.15, -0.1) is 5.10 Å². The highest BCUT2D eigenvalue weighted by molar-refractivity contribution is 5.95.